The average Bonchev–Trinajstić information content (AvgIpc) is 2.68. The van der Waals surface area contributed by atoms with Crippen molar-refractivity contribution in [1.82, 2.24) is 14.8 Å². The SMILES string of the molecule is O=C(C1COc2ccc(Cl)cc2C1)N1CCN(Cc2cccnc2)CC1. The fourth-order valence-corrected chi connectivity index (χ4v) is 3.85. The predicted molar refractivity (Wildman–Crippen MR) is 100 cm³/mol. The number of pyridine rings is 1. The van der Waals surface area contributed by atoms with Gasteiger partial charge in [-0.05, 0) is 41.8 Å². The van der Waals surface area contributed by atoms with Gasteiger partial charge in [-0.1, -0.05) is 17.7 Å². The summed E-state index contributed by atoms with van der Waals surface area (Å²) in [6, 6.07) is 9.66. The summed E-state index contributed by atoms with van der Waals surface area (Å²) in [7, 11) is 0. The van der Waals surface area contributed by atoms with Gasteiger partial charge in [0.25, 0.3) is 0 Å². The second-order valence-electron chi connectivity index (χ2n) is 6.93. The van der Waals surface area contributed by atoms with Gasteiger partial charge in [0.2, 0.25) is 5.91 Å². The van der Waals surface area contributed by atoms with Crippen molar-refractivity contribution >= 4 is 17.5 Å². The highest BCUT2D eigenvalue weighted by molar-refractivity contribution is 6.30. The zero-order valence-electron chi connectivity index (χ0n) is 14.6. The van der Waals surface area contributed by atoms with Crippen molar-refractivity contribution in [1.29, 1.82) is 0 Å². The molecule has 3 heterocycles. The number of amides is 1. The molecule has 0 N–H and O–H groups in total. The lowest BCUT2D eigenvalue weighted by molar-refractivity contribution is -0.138. The number of aromatic nitrogens is 1. The van der Waals surface area contributed by atoms with Crippen LogP contribution in [0, 0.1) is 5.92 Å². The van der Waals surface area contributed by atoms with Gasteiger partial charge in [0.05, 0.1) is 5.92 Å². The number of ether oxygens (including phenoxy) is 1. The maximum Gasteiger partial charge on any atom is 0.229 e. The molecule has 1 aromatic heterocycles. The topological polar surface area (TPSA) is 45.7 Å². The number of nitrogens with zero attached hydrogens (tertiary/aromatic N) is 3. The van der Waals surface area contributed by atoms with Crippen LogP contribution in [0.5, 0.6) is 5.75 Å². The molecule has 0 saturated carbocycles. The molecule has 4 rings (SSSR count). The monoisotopic (exact) mass is 371 g/mol. The minimum Gasteiger partial charge on any atom is -0.492 e. The van der Waals surface area contributed by atoms with Gasteiger partial charge >= 0.3 is 0 Å². The molecular weight excluding hydrogens is 350 g/mol. The number of hydrogen-bond acceptors (Lipinski definition) is 4. The molecule has 0 spiro atoms. The van der Waals surface area contributed by atoms with Gasteiger partial charge in [0.1, 0.15) is 12.4 Å². The Morgan fingerprint density at radius 2 is 2.08 bits per heavy atom. The lowest BCUT2D eigenvalue weighted by atomic mass is 9.95. The highest BCUT2D eigenvalue weighted by Gasteiger charge is 2.31. The van der Waals surface area contributed by atoms with Crippen molar-refractivity contribution in [3.63, 3.8) is 0 Å². The quantitative estimate of drug-likeness (QED) is 0.832. The van der Waals surface area contributed by atoms with E-state index in [1.54, 1.807) is 6.20 Å². The Hall–Kier alpha value is -2.11. The van der Waals surface area contributed by atoms with E-state index in [1.165, 1.54) is 5.56 Å². The summed E-state index contributed by atoms with van der Waals surface area (Å²) < 4.78 is 5.78. The summed E-state index contributed by atoms with van der Waals surface area (Å²) in [6.45, 7) is 4.63. The number of halogens is 1. The number of hydrogen-bond donors (Lipinski definition) is 0. The van der Waals surface area contributed by atoms with Crippen molar-refractivity contribution in [3.8, 4) is 5.75 Å². The second-order valence-corrected chi connectivity index (χ2v) is 7.36. The summed E-state index contributed by atoms with van der Waals surface area (Å²) in [5, 5.41) is 0.685. The third-order valence-electron chi connectivity index (χ3n) is 5.09. The largest absolute Gasteiger partial charge is 0.492 e. The van der Waals surface area contributed by atoms with Crippen molar-refractivity contribution in [2.75, 3.05) is 32.8 Å². The van der Waals surface area contributed by atoms with E-state index in [0.29, 0.717) is 18.1 Å². The number of carbonyl (C=O) groups excluding carboxylic acids is 1. The lowest BCUT2D eigenvalue weighted by Gasteiger charge is -2.37. The van der Waals surface area contributed by atoms with E-state index in [1.807, 2.05) is 35.4 Å². The number of carbonyl (C=O) groups is 1. The molecule has 26 heavy (non-hydrogen) atoms. The molecule has 6 heteroatoms. The summed E-state index contributed by atoms with van der Waals surface area (Å²) in [4.78, 5) is 21.4. The van der Waals surface area contributed by atoms with Gasteiger partial charge in [-0.2, -0.15) is 0 Å². The van der Waals surface area contributed by atoms with E-state index < -0.39 is 0 Å². The van der Waals surface area contributed by atoms with Gasteiger partial charge in [0.15, 0.2) is 0 Å². The van der Waals surface area contributed by atoms with Crippen LogP contribution in [0.25, 0.3) is 0 Å². The molecule has 2 aliphatic rings. The van der Waals surface area contributed by atoms with Crippen LogP contribution in [0.3, 0.4) is 0 Å². The first-order chi connectivity index (χ1) is 12.7. The van der Waals surface area contributed by atoms with Crippen LogP contribution in [0.1, 0.15) is 11.1 Å². The van der Waals surface area contributed by atoms with Crippen LogP contribution in [0.4, 0.5) is 0 Å². The second kappa shape index (κ2) is 7.64. The van der Waals surface area contributed by atoms with Crippen LogP contribution in [0.15, 0.2) is 42.7 Å². The molecule has 0 aliphatic carbocycles. The van der Waals surface area contributed by atoms with Gasteiger partial charge < -0.3 is 9.64 Å². The Labute approximate surface area is 158 Å². The first-order valence-corrected chi connectivity index (χ1v) is 9.38. The van der Waals surface area contributed by atoms with E-state index in [2.05, 4.69) is 16.0 Å². The minimum atomic E-state index is -0.120. The van der Waals surface area contributed by atoms with Crippen molar-refractivity contribution < 1.29 is 9.53 Å². The molecule has 2 aromatic rings. The maximum absolute atomic E-state index is 12.9. The minimum absolute atomic E-state index is 0.120. The maximum atomic E-state index is 12.9. The molecule has 1 fully saturated rings. The molecule has 2 aliphatic heterocycles. The number of fused-ring (bicyclic) bond motifs is 1. The molecule has 1 amide bonds. The molecule has 5 nitrogen and oxygen atoms in total. The third kappa shape index (κ3) is 3.84. The third-order valence-corrected chi connectivity index (χ3v) is 5.33. The normalized spacial score (nSPS) is 20.3. The van der Waals surface area contributed by atoms with Gasteiger partial charge in [-0.15, -0.1) is 0 Å². The molecule has 136 valence electrons. The number of piperazine rings is 1. The molecule has 0 bridgehead atoms. The fraction of sp³-hybridized carbons (Fsp3) is 0.400. The Balaban J connectivity index is 1.32. The highest BCUT2D eigenvalue weighted by Crippen LogP contribution is 2.30. The van der Waals surface area contributed by atoms with E-state index in [0.717, 1.165) is 44.0 Å². The van der Waals surface area contributed by atoms with Gasteiger partial charge in [-0.25, -0.2) is 0 Å². The Kier molecular flexibility index (Phi) is 5.09. The number of rotatable bonds is 3. The smallest absolute Gasteiger partial charge is 0.229 e. The Bertz CT molecular complexity index is 776. The van der Waals surface area contributed by atoms with E-state index in [9.17, 15) is 4.79 Å². The standard InChI is InChI=1S/C20H22ClN3O2/c21-18-3-4-19-16(11-18)10-17(14-26-19)20(25)24-8-6-23(7-9-24)13-15-2-1-5-22-12-15/h1-5,11-12,17H,6-10,13-14H2. The van der Waals surface area contributed by atoms with Crippen LogP contribution in [-0.4, -0.2) is 53.5 Å². The van der Waals surface area contributed by atoms with Gasteiger partial charge in [0, 0.05) is 50.1 Å². The van der Waals surface area contributed by atoms with E-state index >= 15 is 0 Å². The molecule has 1 unspecified atom stereocenters. The summed E-state index contributed by atoms with van der Waals surface area (Å²) in [6.07, 6.45) is 4.39. The highest BCUT2D eigenvalue weighted by atomic mass is 35.5. The molecule has 1 atom stereocenters. The fourth-order valence-electron chi connectivity index (χ4n) is 3.66. The van der Waals surface area contributed by atoms with E-state index in [-0.39, 0.29) is 11.8 Å². The lowest BCUT2D eigenvalue weighted by Crippen LogP contribution is -2.51. The van der Waals surface area contributed by atoms with Crippen LogP contribution in [0.2, 0.25) is 5.02 Å². The first-order valence-electron chi connectivity index (χ1n) is 9.00. The van der Waals surface area contributed by atoms with E-state index in [4.69, 9.17) is 16.3 Å². The molecule has 0 radical (unpaired) electrons. The molecule has 1 aromatic carbocycles. The van der Waals surface area contributed by atoms with Crippen LogP contribution < -0.4 is 4.74 Å². The zero-order valence-corrected chi connectivity index (χ0v) is 15.4. The predicted octanol–water partition coefficient (Wildman–Crippen LogP) is 2.63. The van der Waals surface area contributed by atoms with Gasteiger partial charge in [-0.3, -0.25) is 14.7 Å². The molecule has 1 saturated heterocycles. The first kappa shape index (κ1) is 17.3. The Morgan fingerprint density at radius 1 is 1.23 bits per heavy atom. The summed E-state index contributed by atoms with van der Waals surface area (Å²) in [5.74, 6) is 0.919. The van der Waals surface area contributed by atoms with Crippen molar-refractivity contribution in [2.45, 2.75) is 13.0 Å². The molecular formula is C20H22ClN3O2. The Morgan fingerprint density at radius 3 is 2.85 bits per heavy atom. The summed E-state index contributed by atoms with van der Waals surface area (Å²) >= 11 is 6.07. The van der Waals surface area contributed by atoms with Crippen LogP contribution in [-0.2, 0) is 17.8 Å². The summed E-state index contributed by atoms with van der Waals surface area (Å²) in [5.41, 5.74) is 2.23. The number of benzene rings is 1. The zero-order chi connectivity index (χ0) is 17.9. The van der Waals surface area contributed by atoms with Crippen molar-refractivity contribution in [3.05, 3.63) is 58.9 Å². The van der Waals surface area contributed by atoms with Crippen molar-refractivity contribution in [2.24, 2.45) is 5.92 Å². The average molecular weight is 372 g/mol. The van der Waals surface area contributed by atoms with Crippen LogP contribution >= 0.6 is 11.6 Å².